The highest BCUT2D eigenvalue weighted by molar-refractivity contribution is 9.10. The lowest BCUT2D eigenvalue weighted by atomic mass is 10.2. The van der Waals surface area contributed by atoms with Gasteiger partial charge in [-0.05, 0) is 59.7 Å². The van der Waals surface area contributed by atoms with E-state index in [1.165, 1.54) is 0 Å². The molecule has 7 heteroatoms. The number of aromatic amines is 1. The van der Waals surface area contributed by atoms with Gasteiger partial charge in [0.05, 0.1) is 6.21 Å². The fraction of sp³-hybridized carbons (Fsp3) is 0.0455. The number of nitrogens with one attached hydrogen (secondary N) is 1. The van der Waals surface area contributed by atoms with Crippen molar-refractivity contribution >= 4 is 34.4 Å². The monoisotopic (exact) mass is 464 g/mol. The van der Waals surface area contributed by atoms with Gasteiger partial charge in [0.1, 0.15) is 12.4 Å². The third kappa shape index (κ3) is 4.88. The van der Waals surface area contributed by atoms with Gasteiger partial charge in [0.25, 0.3) is 0 Å². The Bertz CT molecular complexity index is 1180. The Kier molecular flexibility index (Phi) is 5.97. The summed E-state index contributed by atoms with van der Waals surface area (Å²) in [5.41, 5.74) is 2.97. The van der Waals surface area contributed by atoms with Crippen LogP contribution in [0.2, 0.25) is 0 Å². The first kappa shape index (κ1) is 19.3. The second kappa shape index (κ2) is 8.98. The molecule has 0 unspecified atom stereocenters. The molecule has 5 nitrogen and oxygen atoms in total. The van der Waals surface area contributed by atoms with E-state index in [9.17, 15) is 0 Å². The Hall–Kier alpha value is -3.03. The van der Waals surface area contributed by atoms with Crippen LogP contribution < -0.4 is 4.74 Å². The summed E-state index contributed by atoms with van der Waals surface area (Å²) in [6.45, 7) is 0.536. The fourth-order valence-corrected chi connectivity index (χ4v) is 3.31. The number of halogens is 1. The van der Waals surface area contributed by atoms with Crippen LogP contribution in [0.15, 0.2) is 88.4 Å². The molecule has 0 spiro atoms. The first-order chi connectivity index (χ1) is 14.2. The molecule has 4 rings (SSSR count). The van der Waals surface area contributed by atoms with Gasteiger partial charge in [0, 0.05) is 10.0 Å². The van der Waals surface area contributed by atoms with Crippen molar-refractivity contribution in [2.24, 2.45) is 5.10 Å². The zero-order valence-electron chi connectivity index (χ0n) is 15.3. The Morgan fingerprint density at radius 3 is 2.59 bits per heavy atom. The molecule has 1 heterocycles. The van der Waals surface area contributed by atoms with E-state index in [4.69, 9.17) is 17.0 Å². The van der Waals surface area contributed by atoms with E-state index in [1.807, 2.05) is 78.9 Å². The van der Waals surface area contributed by atoms with Crippen LogP contribution in [0.3, 0.4) is 0 Å². The van der Waals surface area contributed by atoms with Gasteiger partial charge in [-0.3, -0.25) is 0 Å². The lowest BCUT2D eigenvalue weighted by Gasteiger charge is -2.06. The average molecular weight is 465 g/mol. The summed E-state index contributed by atoms with van der Waals surface area (Å²) in [6.07, 6.45) is 1.74. The molecule has 144 valence electrons. The highest BCUT2D eigenvalue weighted by Gasteiger charge is 2.08. The zero-order valence-corrected chi connectivity index (χ0v) is 17.7. The van der Waals surface area contributed by atoms with Crippen LogP contribution in [-0.4, -0.2) is 21.1 Å². The minimum atomic E-state index is 0.430. The van der Waals surface area contributed by atoms with Gasteiger partial charge in [-0.1, -0.05) is 58.4 Å². The summed E-state index contributed by atoms with van der Waals surface area (Å²) in [5, 5.41) is 11.6. The van der Waals surface area contributed by atoms with Crippen LogP contribution in [0.1, 0.15) is 11.1 Å². The maximum Gasteiger partial charge on any atom is 0.216 e. The molecule has 29 heavy (non-hydrogen) atoms. The van der Waals surface area contributed by atoms with Crippen LogP contribution >= 0.6 is 28.1 Å². The standard InChI is InChI=1S/C22H17BrN4OS/c23-19-8-4-7-18(13-19)21-25-26-22(29)27(21)24-14-16-9-11-20(12-10-16)28-15-17-5-2-1-3-6-17/h1-14H,15H2,(H,26,29)/b24-14+. The van der Waals surface area contributed by atoms with Crippen LogP contribution in [0.25, 0.3) is 11.4 Å². The fourth-order valence-electron chi connectivity index (χ4n) is 2.73. The molecule has 0 aliphatic heterocycles. The molecule has 4 aromatic rings. The highest BCUT2D eigenvalue weighted by Crippen LogP contribution is 2.21. The normalized spacial score (nSPS) is 11.1. The lowest BCUT2D eigenvalue weighted by molar-refractivity contribution is 0.306. The number of nitrogens with zero attached hydrogens (tertiary/aromatic N) is 3. The molecule has 0 saturated heterocycles. The van der Waals surface area contributed by atoms with E-state index in [2.05, 4.69) is 31.2 Å². The van der Waals surface area contributed by atoms with Crippen LogP contribution in [0, 0.1) is 4.77 Å². The molecule has 0 aliphatic rings. The number of benzene rings is 3. The van der Waals surface area contributed by atoms with E-state index in [-0.39, 0.29) is 0 Å². The van der Waals surface area contributed by atoms with E-state index < -0.39 is 0 Å². The van der Waals surface area contributed by atoms with E-state index >= 15 is 0 Å². The number of hydrogen-bond acceptors (Lipinski definition) is 4. The SMILES string of the molecule is S=c1[nH]nc(-c2cccc(Br)c2)n1/N=C/c1ccc(OCc2ccccc2)cc1. The summed E-state index contributed by atoms with van der Waals surface area (Å²) in [6, 6.07) is 25.7. The molecule has 3 aromatic carbocycles. The zero-order chi connectivity index (χ0) is 20.1. The van der Waals surface area contributed by atoms with Gasteiger partial charge in [0.15, 0.2) is 5.82 Å². The molecule has 0 radical (unpaired) electrons. The van der Waals surface area contributed by atoms with Gasteiger partial charge in [-0.2, -0.15) is 14.9 Å². The summed E-state index contributed by atoms with van der Waals surface area (Å²) in [4.78, 5) is 0. The minimum Gasteiger partial charge on any atom is -0.489 e. The number of H-pyrrole nitrogens is 1. The maximum absolute atomic E-state index is 5.82. The van der Waals surface area contributed by atoms with E-state index in [0.29, 0.717) is 17.2 Å². The first-order valence-corrected chi connectivity index (χ1v) is 10.1. The minimum absolute atomic E-state index is 0.430. The first-order valence-electron chi connectivity index (χ1n) is 8.93. The predicted octanol–water partition coefficient (Wildman–Crippen LogP) is 5.83. The lowest BCUT2D eigenvalue weighted by Crippen LogP contribution is -1.96. The predicted molar refractivity (Wildman–Crippen MR) is 121 cm³/mol. The molecule has 0 fully saturated rings. The quantitative estimate of drug-likeness (QED) is 0.288. The van der Waals surface area contributed by atoms with Gasteiger partial charge in [-0.25, -0.2) is 5.10 Å². The number of hydrogen-bond donors (Lipinski definition) is 1. The van der Waals surface area contributed by atoms with Crippen molar-refractivity contribution in [2.45, 2.75) is 6.61 Å². The third-order valence-electron chi connectivity index (χ3n) is 4.18. The second-order valence-corrected chi connectivity index (χ2v) is 7.56. The van der Waals surface area contributed by atoms with Crippen molar-refractivity contribution in [3.8, 4) is 17.1 Å². The topological polar surface area (TPSA) is 55.2 Å². The van der Waals surface area contributed by atoms with Crippen molar-refractivity contribution in [2.75, 3.05) is 0 Å². The molecule has 1 aromatic heterocycles. The van der Waals surface area contributed by atoms with Crippen molar-refractivity contribution < 1.29 is 4.74 Å². The number of ether oxygens (including phenoxy) is 1. The molecular formula is C22H17BrN4OS. The van der Waals surface area contributed by atoms with Gasteiger partial charge >= 0.3 is 0 Å². The molecule has 0 aliphatic carbocycles. The van der Waals surface area contributed by atoms with E-state index in [0.717, 1.165) is 26.9 Å². The molecule has 0 saturated carbocycles. The Morgan fingerprint density at radius 2 is 1.83 bits per heavy atom. The van der Waals surface area contributed by atoms with Crippen molar-refractivity contribution in [1.82, 2.24) is 14.9 Å². The molecule has 0 bridgehead atoms. The second-order valence-electron chi connectivity index (χ2n) is 6.26. The van der Waals surface area contributed by atoms with Gasteiger partial charge < -0.3 is 4.74 Å². The van der Waals surface area contributed by atoms with E-state index in [1.54, 1.807) is 10.9 Å². The number of rotatable bonds is 6. The summed E-state index contributed by atoms with van der Waals surface area (Å²) in [7, 11) is 0. The average Bonchev–Trinajstić information content (AvgIpc) is 3.12. The van der Waals surface area contributed by atoms with Crippen molar-refractivity contribution in [3.05, 3.63) is 99.2 Å². The van der Waals surface area contributed by atoms with Crippen LogP contribution in [0.5, 0.6) is 5.75 Å². The van der Waals surface area contributed by atoms with Crippen LogP contribution in [0.4, 0.5) is 0 Å². The molecule has 0 amide bonds. The summed E-state index contributed by atoms with van der Waals surface area (Å²) >= 11 is 8.80. The molecule has 1 N–H and O–H groups in total. The highest BCUT2D eigenvalue weighted by atomic mass is 79.9. The Labute approximate surface area is 181 Å². The molecular weight excluding hydrogens is 448 g/mol. The smallest absolute Gasteiger partial charge is 0.216 e. The summed E-state index contributed by atoms with van der Waals surface area (Å²) < 4.78 is 8.82. The third-order valence-corrected chi connectivity index (χ3v) is 4.94. The van der Waals surface area contributed by atoms with Crippen molar-refractivity contribution in [1.29, 1.82) is 0 Å². The van der Waals surface area contributed by atoms with Crippen molar-refractivity contribution in [3.63, 3.8) is 0 Å². The number of aromatic nitrogens is 3. The Morgan fingerprint density at radius 1 is 1.03 bits per heavy atom. The molecule has 0 atom stereocenters. The van der Waals surface area contributed by atoms with Gasteiger partial charge in [0.2, 0.25) is 4.77 Å². The summed E-state index contributed by atoms with van der Waals surface area (Å²) in [5.74, 6) is 1.45. The van der Waals surface area contributed by atoms with Gasteiger partial charge in [-0.15, -0.1) is 0 Å². The Balaban J connectivity index is 1.48. The van der Waals surface area contributed by atoms with Crippen LogP contribution in [-0.2, 0) is 6.61 Å². The largest absolute Gasteiger partial charge is 0.489 e. The maximum atomic E-state index is 5.82.